The molecule has 112 valence electrons. The molecule has 3 heterocycles. The van der Waals surface area contributed by atoms with Crippen LogP contribution < -0.4 is 5.32 Å². The molecule has 1 N–H and O–H groups in total. The van der Waals surface area contributed by atoms with Crippen molar-refractivity contribution in [2.75, 3.05) is 39.3 Å². The van der Waals surface area contributed by atoms with Gasteiger partial charge in [-0.3, -0.25) is 9.80 Å². The summed E-state index contributed by atoms with van der Waals surface area (Å²) >= 11 is 0. The summed E-state index contributed by atoms with van der Waals surface area (Å²) in [6.07, 6.45) is 0. The molecule has 2 fully saturated rings. The van der Waals surface area contributed by atoms with Gasteiger partial charge in [-0.1, -0.05) is 20.8 Å². The Morgan fingerprint density at radius 1 is 1.20 bits per heavy atom. The highest BCUT2D eigenvalue weighted by Crippen LogP contribution is 2.22. The second-order valence-corrected chi connectivity index (χ2v) is 6.88. The van der Waals surface area contributed by atoms with Gasteiger partial charge in [0, 0.05) is 50.7 Å². The van der Waals surface area contributed by atoms with Gasteiger partial charge in [0.25, 0.3) is 0 Å². The lowest BCUT2D eigenvalue weighted by molar-refractivity contribution is 0.0172. The monoisotopic (exact) mass is 279 g/mol. The van der Waals surface area contributed by atoms with Crippen LogP contribution in [0, 0.1) is 0 Å². The summed E-state index contributed by atoms with van der Waals surface area (Å²) in [5, 5.41) is 11.7. The maximum atomic E-state index is 5.75. The fraction of sp³-hybridized carbons (Fsp3) is 0.857. The Bertz CT molecular complexity index is 441. The van der Waals surface area contributed by atoms with Crippen molar-refractivity contribution in [2.45, 2.75) is 38.8 Å². The highest BCUT2D eigenvalue weighted by Gasteiger charge is 2.33. The maximum absolute atomic E-state index is 5.75. The van der Waals surface area contributed by atoms with Crippen LogP contribution in [0.5, 0.6) is 0 Å². The van der Waals surface area contributed by atoms with Crippen molar-refractivity contribution in [3.8, 4) is 0 Å². The Balaban J connectivity index is 1.47. The minimum absolute atomic E-state index is 0.0659. The Morgan fingerprint density at radius 3 is 2.50 bits per heavy atom. The molecule has 0 aliphatic carbocycles. The van der Waals surface area contributed by atoms with Crippen LogP contribution in [0.1, 0.15) is 32.6 Å². The summed E-state index contributed by atoms with van der Waals surface area (Å²) < 4.78 is 5.75. The van der Waals surface area contributed by atoms with E-state index in [2.05, 4.69) is 46.1 Å². The molecule has 1 aromatic rings. The average Bonchev–Trinajstić information content (AvgIpc) is 2.83. The van der Waals surface area contributed by atoms with Crippen LogP contribution in [0.4, 0.5) is 0 Å². The van der Waals surface area contributed by atoms with Crippen LogP contribution in [0.25, 0.3) is 0 Å². The zero-order valence-electron chi connectivity index (χ0n) is 12.7. The van der Waals surface area contributed by atoms with E-state index in [0.29, 0.717) is 6.04 Å². The van der Waals surface area contributed by atoms with Crippen LogP contribution in [-0.2, 0) is 12.0 Å². The molecule has 1 aromatic heterocycles. The smallest absolute Gasteiger partial charge is 0.230 e. The third kappa shape index (κ3) is 3.02. The Kier molecular flexibility index (Phi) is 3.79. The quantitative estimate of drug-likeness (QED) is 0.867. The van der Waals surface area contributed by atoms with E-state index in [4.69, 9.17) is 4.42 Å². The second kappa shape index (κ2) is 5.42. The number of aromatic nitrogens is 2. The van der Waals surface area contributed by atoms with E-state index in [1.54, 1.807) is 0 Å². The topological polar surface area (TPSA) is 57.4 Å². The Hall–Kier alpha value is -0.980. The lowest BCUT2D eigenvalue weighted by Gasteiger charge is -2.46. The van der Waals surface area contributed by atoms with Crippen LogP contribution in [0.2, 0.25) is 0 Å². The molecule has 0 amide bonds. The minimum Gasteiger partial charge on any atom is -0.423 e. The van der Waals surface area contributed by atoms with Gasteiger partial charge in [-0.05, 0) is 0 Å². The lowest BCUT2D eigenvalue weighted by atomic mass is 9.97. The summed E-state index contributed by atoms with van der Waals surface area (Å²) in [5.74, 6) is 1.47. The van der Waals surface area contributed by atoms with Gasteiger partial charge in [0.05, 0.1) is 6.54 Å². The van der Waals surface area contributed by atoms with Gasteiger partial charge in [-0.15, -0.1) is 10.2 Å². The second-order valence-electron chi connectivity index (χ2n) is 6.88. The predicted octanol–water partition coefficient (Wildman–Crippen LogP) is 0.457. The number of rotatable bonds is 3. The van der Waals surface area contributed by atoms with Crippen molar-refractivity contribution >= 4 is 0 Å². The zero-order chi connectivity index (χ0) is 14.2. The van der Waals surface area contributed by atoms with Gasteiger partial charge in [-0.25, -0.2) is 0 Å². The van der Waals surface area contributed by atoms with E-state index in [0.717, 1.165) is 44.5 Å². The highest BCUT2D eigenvalue weighted by molar-refractivity contribution is 4.97. The first-order valence-corrected chi connectivity index (χ1v) is 7.52. The lowest BCUT2D eigenvalue weighted by Crippen LogP contribution is -2.62. The molecule has 0 bridgehead atoms. The molecule has 3 rings (SSSR count). The largest absolute Gasteiger partial charge is 0.423 e. The third-order valence-corrected chi connectivity index (χ3v) is 4.07. The summed E-state index contributed by atoms with van der Waals surface area (Å²) in [4.78, 5) is 4.97. The Morgan fingerprint density at radius 2 is 1.90 bits per heavy atom. The molecule has 6 heteroatoms. The van der Waals surface area contributed by atoms with Crippen LogP contribution in [0.3, 0.4) is 0 Å². The van der Waals surface area contributed by atoms with Crippen molar-refractivity contribution in [3.63, 3.8) is 0 Å². The molecule has 0 aromatic carbocycles. The average molecular weight is 279 g/mol. The van der Waals surface area contributed by atoms with E-state index >= 15 is 0 Å². The third-order valence-electron chi connectivity index (χ3n) is 4.07. The van der Waals surface area contributed by atoms with Crippen LogP contribution in [0.15, 0.2) is 4.42 Å². The summed E-state index contributed by atoms with van der Waals surface area (Å²) in [7, 11) is 0. The normalized spacial score (nSPS) is 22.9. The zero-order valence-corrected chi connectivity index (χ0v) is 12.7. The van der Waals surface area contributed by atoms with E-state index in [-0.39, 0.29) is 5.41 Å². The number of likely N-dealkylation sites (tertiary alicyclic amines) is 1. The molecule has 0 unspecified atom stereocenters. The van der Waals surface area contributed by atoms with E-state index in [1.165, 1.54) is 13.1 Å². The van der Waals surface area contributed by atoms with Gasteiger partial charge in [-0.2, -0.15) is 0 Å². The predicted molar refractivity (Wildman–Crippen MR) is 76.5 cm³/mol. The number of nitrogens with one attached hydrogen (secondary N) is 1. The van der Waals surface area contributed by atoms with E-state index in [9.17, 15) is 0 Å². The van der Waals surface area contributed by atoms with Crippen molar-refractivity contribution in [1.82, 2.24) is 25.3 Å². The first kappa shape index (κ1) is 14.0. The van der Waals surface area contributed by atoms with Crippen molar-refractivity contribution in [1.29, 1.82) is 0 Å². The Labute approximate surface area is 120 Å². The minimum atomic E-state index is -0.0659. The summed E-state index contributed by atoms with van der Waals surface area (Å²) in [6, 6.07) is 0.710. The maximum Gasteiger partial charge on any atom is 0.230 e. The number of piperazine rings is 1. The first-order chi connectivity index (χ1) is 9.52. The molecule has 2 aliphatic heterocycles. The number of hydrogen-bond acceptors (Lipinski definition) is 6. The van der Waals surface area contributed by atoms with Crippen LogP contribution >= 0.6 is 0 Å². The molecular weight excluding hydrogens is 254 g/mol. The number of nitrogens with zero attached hydrogens (tertiary/aromatic N) is 4. The fourth-order valence-electron chi connectivity index (χ4n) is 2.76. The van der Waals surface area contributed by atoms with E-state index < -0.39 is 0 Å². The van der Waals surface area contributed by atoms with Gasteiger partial charge in [0.2, 0.25) is 11.8 Å². The van der Waals surface area contributed by atoms with Crippen molar-refractivity contribution in [3.05, 3.63) is 11.8 Å². The molecule has 2 saturated heterocycles. The fourth-order valence-corrected chi connectivity index (χ4v) is 2.76. The number of hydrogen-bond donors (Lipinski definition) is 1. The molecule has 0 radical (unpaired) electrons. The van der Waals surface area contributed by atoms with Gasteiger partial charge < -0.3 is 9.73 Å². The van der Waals surface area contributed by atoms with Gasteiger partial charge in [0.15, 0.2) is 0 Å². The molecule has 0 atom stereocenters. The van der Waals surface area contributed by atoms with Crippen molar-refractivity contribution in [2.24, 2.45) is 0 Å². The molecule has 20 heavy (non-hydrogen) atoms. The van der Waals surface area contributed by atoms with E-state index in [1.807, 2.05) is 0 Å². The molecule has 2 aliphatic rings. The van der Waals surface area contributed by atoms with Crippen LogP contribution in [-0.4, -0.2) is 65.3 Å². The molecule has 0 spiro atoms. The SMILES string of the molecule is CC(C)(C)c1nnc(CN2CC(N3CCNCC3)C2)o1. The van der Waals surface area contributed by atoms with Crippen molar-refractivity contribution < 1.29 is 4.42 Å². The summed E-state index contributed by atoms with van der Waals surface area (Å²) in [5.41, 5.74) is -0.0659. The standard InChI is InChI=1S/C14H25N5O/c1-14(2,3)13-17-16-12(20-13)10-18-8-11(9-18)19-6-4-15-5-7-19/h11,15H,4-10H2,1-3H3. The highest BCUT2D eigenvalue weighted by atomic mass is 16.4. The molecular formula is C14H25N5O. The van der Waals surface area contributed by atoms with Gasteiger partial charge in [0.1, 0.15) is 0 Å². The van der Waals surface area contributed by atoms with Gasteiger partial charge >= 0.3 is 0 Å². The molecule has 0 saturated carbocycles. The first-order valence-electron chi connectivity index (χ1n) is 7.52. The molecule has 6 nitrogen and oxygen atoms in total. The summed E-state index contributed by atoms with van der Waals surface area (Å²) in [6.45, 7) is 13.9.